The number of fused-ring (bicyclic) bond motifs is 6. The molecular formula is C48H51N5O6. The summed E-state index contributed by atoms with van der Waals surface area (Å²) >= 11 is 0. The first-order valence-corrected chi connectivity index (χ1v) is 21.6. The smallest absolute Gasteiger partial charge is 0.255 e. The molecule has 4 atom stereocenters. The molecule has 11 nitrogen and oxygen atoms in total. The standard InChI is InChI=1S/C48H51N5O6/c54-35-10-11-37-42(22-35)58-29-39(31-4-2-1-3-5-31)44(37)32-6-8-33(9-7-32)51-18-16-48(17-19-51)23-30(24-48)25-50-20-21-52-34(26-50)28-59-45-38-27-53(41-14-15-43(55)49-46(41)56)47(57)36(38)12-13-40(45)52/h1-13,22,30,34,39,41,44,54H,14-21,23-29H2,(H,49,55,56)/t34-,39-,41?,44-/m0/s1. The van der Waals surface area contributed by atoms with Gasteiger partial charge in [-0.05, 0) is 84.9 Å². The topological polar surface area (TPSA) is 115 Å². The number of piperidine rings is 2. The number of amides is 3. The largest absolute Gasteiger partial charge is 0.508 e. The number of nitrogens with zero attached hydrogens (tertiary/aromatic N) is 4. The molecule has 1 spiro atoms. The maximum absolute atomic E-state index is 13.4. The maximum Gasteiger partial charge on any atom is 0.255 e. The average Bonchev–Trinajstić information content (AvgIpc) is 3.58. The number of hydrogen-bond acceptors (Lipinski definition) is 9. The molecule has 7 aliphatic rings. The summed E-state index contributed by atoms with van der Waals surface area (Å²) in [5.74, 6) is 2.01. The fourth-order valence-corrected chi connectivity index (χ4v) is 11.7. The van der Waals surface area contributed by atoms with E-state index in [-0.39, 0.29) is 41.9 Å². The molecule has 59 heavy (non-hydrogen) atoms. The van der Waals surface area contributed by atoms with Gasteiger partial charge < -0.3 is 29.3 Å². The summed E-state index contributed by atoms with van der Waals surface area (Å²) in [6, 6.07) is 29.0. The molecule has 1 aliphatic carbocycles. The van der Waals surface area contributed by atoms with Crippen LogP contribution in [0.2, 0.25) is 0 Å². The summed E-state index contributed by atoms with van der Waals surface area (Å²) < 4.78 is 12.6. The van der Waals surface area contributed by atoms with Gasteiger partial charge in [-0.25, -0.2) is 0 Å². The zero-order valence-corrected chi connectivity index (χ0v) is 33.4. The molecule has 6 aliphatic heterocycles. The van der Waals surface area contributed by atoms with Crippen LogP contribution in [0, 0.1) is 11.3 Å². The van der Waals surface area contributed by atoms with Gasteiger partial charge >= 0.3 is 0 Å². The highest BCUT2D eigenvalue weighted by Crippen LogP contribution is 2.54. The Bertz CT molecular complexity index is 2300. The molecule has 0 aromatic heterocycles. The van der Waals surface area contributed by atoms with Crippen LogP contribution in [-0.2, 0) is 16.1 Å². The number of rotatable bonds is 6. The highest BCUT2D eigenvalue weighted by atomic mass is 16.5. The first-order valence-electron chi connectivity index (χ1n) is 21.6. The zero-order valence-electron chi connectivity index (χ0n) is 33.4. The Balaban J connectivity index is 0.688. The van der Waals surface area contributed by atoms with E-state index in [2.05, 4.69) is 74.6 Å². The minimum absolute atomic E-state index is 0.143. The van der Waals surface area contributed by atoms with Gasteiger partial charge in [0.05, 0.1) is 24.9 Å². The molecule has 1 saturated carbocycles. The number of benzene rings is 4. The third-order valence-electron chi connectivity index (χ3n) is 14.7. The Morgan fingerprint density at radius 3 is 2.42 bits per heavy atom. The van der Waals surface area contributed by atoms with E-state index in [0.717, 1.165) is 73.5 Å². The van der Waals surface area contributed by atoms with Gasteiger partial charge in [-0.3, -0.25) is 24.6 Å². The molecule has 4 aromatic carbocycles. The fourth-order valence-electron chi connectivity index (χ4n) is 11.7. The van der Waals surface area contributed by atoms with Gasteiger partial charge in [-0.1, -0.05) is 48.5 Å². The lowest BCUT2D eigenvalue weighted by atomic mass is 9.57. The quantitative estimate of drug-likeness (QED) is 0.226. The molecule has 0 bridgehead atoms. The molecule has 2 N–H and O–H groups in total. The predicted octanol–water partition coefficient (Wildman–Crippen LogP) is 6.04. The number of phenolic OH excluding ortho intramolecular Hbond substituents is 1. The minimum atomic E-state index is -0.631. The van der Waals surface area contributed by atoms with Gasteiger partial charge in [0.15, 0.2) is 0 Å². The number of hydrogen-bond donors (Lipinski definition) is 2. The lowest BCUT2D eigenvalue weighted by molar-refractivity contribution is -0.136. The molecule has 3 amide bonds. The number of piperazine rings is 1. The van der Waals surface area contributed by atoms with Crippen LogP contribution in [-0.4, -0.2) is 97.2 Å². The van der Waals surface area contributed by atoms with Crippen molar-refractivity contribution < 1.29 is 29.0 Å². The van der Waals surface area contributed by atoms with Crippen LogP contribution in [0.15, 0.2) is 84.9 Å². The Morgan fingerprint density at radius 1 is 0.814 bits per heavy atom. The summed E-state index contributed by atoms with van der Waals surface area (Å²) in [4.78, 5) is 47.0. The Kier molecular flexibility index (Phi) is 8.87. The second-order valence-corrected chi connectivity index (χ2v) is 18.1. The van der Waals surface area contributed by atoms with E-state index < -0.39 is 11.9 Å². The fraction of sp³-hybridized carbons (Fsp3) is 0.438. The number of phenols is 1. The highest BCUT2D eigenvalue weighted by Gasteiger charge is 2.47. The van der Waals surface area contributed by atoms with Crippen LogP contribution in [0.5, 0.6) is 17.2 Å². The zero-order chi connectivity index (χ0) is 39.8. The van der Waals surface area contributed by atoms with Crippen LogP contribution in [0.25, 0.3) is 0 Å². The van der Waals surface area contributed by atoms with Gasteiger partial charge in [0.1, 0.15) is 29.9 Å². The van der Waals surface area contributed by atoms with E-state index in [1.54, 1.807) is 17.0 Å². The van der Waals surface area contributed by atoms with E-state index >= 15 is 0 Å². The SMILES string of the molecule is O=C1CCC(N2Cc3c(ccc4c3OC[C@@H]3CN(CC5CC6(CCN(c7ccc([C@H]8c9ccc(O)cc9OC[C@H]8c8ccccc8)cc7)CC6)C5)CCN43)C2=O)C(=O)N1. The van der Waals surface area contributed by atoms with E-state index in [1.165, 1.54) is 42.5 Å². The molecule has 3 saturated heterocycles. The monoisotopic (exact) mass is 793 g/mol. The lowest BCUT2D eigenvalue weighted by Gasteiger charge is -2.54. The number of carbonyl (C=O) groups excluding carboxylic acids is 3. The molecule has 4 aromatic rings. The van der Waals surface area contributed by atoms with Crippen molar-refractivity contribution in [1.29, 1.82) is 0 Å². The first kappa shape index (κ1) is 36.5. The normalized spacial score (nSPS) is 26.2. The van der Waals surface area contributed by atoms with E-state index in [9.17, 15) is 19.5 Å². The van der Waals surface area contributed by atoms with Crippen molar-refractivity contribution in [2.45, 2.75) is 69.0 Å². The second-order valence-electron chi connectivity index (χ2n) is 18.1. The number of ether oxygens (including phenoxy) is 2. The predicted molar refractivity (Wildman–Crippen MR) is 223 cm³/mol. The molecule has 0 radical (unpaired) electrons. The van der Waals surface area contributed by atoms with Gasteiger partial charge in [-0.2, -0.15) is 0 Å². The number of nitrogens with one attached hydrogen (secondary N) is 1. The van der Waals surface area contributed by atoms with E-state index in [0.29, 0.717) is 37.2 Å². The summed E-state index contributed by atoms with van der Waals surface area (Å²) in [5, 5.41) is 12.6. The molecule has 4 fully saturated rings. The van der Waals surface area contributed by atoms with Crippen molar-refractivity contribution in [2.24, 2.45) is 11.3 Å². The highest BCUT2D eigenvalue weighted by molar-refractivity contribution is 6.06. The van der Waals surface area contributed by atoms with Crippen LogP contribution in [0.4, 0.5) is 11.4 Å². The van der Waals surface area contributed by atoms with Crippen molar-refractivity contribution in [3.63, 3.8) is 0 Å². The van der Waals surface area contributed by atoms with Crippen LogP contribution >= 0.6 is 0 Å². The summed E-state index contributed by atoms with van der Waals surface area (Å²) in [5.41, 5.74) is 7.94. The molecule has 11 rings (SSSR count). The molecule has 1 unspecified atom stereocenters. The number of carbonyl (C=O) groups is 3. The van der Waals surface area contributed by atoms with Crippen LogP contribution in [0.3, 0.4) is 0 Å². The van der Waals surface area contributed by atoms with Crippen LogP contribution < -0.4 is 24.6 Å². The van der Waals surface area contributed by atoms with Gasteiger partial charge in [0, 0.05) is 86.0 Å². The van der Waals surface area contributed by atoms with E-state index in [4.69, 9.17) is 9.47 Å². The van der Waals surface area contributed by atoms with Crippen molar-refractivity contribution in [3.8, 4) is 17.2 Å². The Labute approximate surface area is 344 Å². The maximum atomic E-state index is 13.4. The summed E-state index contributed by atoms with van der Waals surface area (Å²) in [7, 11) is 0. The van der Waals surface area contributed by atoms with Crippen molar-refractivity contribution >= 4 is 29.1 Å². The minimum Gasteiger partial charge on any atom is -0.508 e. The molecular weight excluding hydrogens is 743 g/mol. The molecule has 304 valence electrons. The lowest BCUT2D eigenvalue weighted by Crippen LogP contribution is -2.59. The van der Waals surface area contributed by atoms with Crippen LogP contribution in [0.1, 0.15) is 83.0 Å². The van der Waals surface area contributed by atoms with Crippen molar-refractivity contribution in [2.75, 3.05) is 62.3 Å². The number of imide groups is 1. The van der Waals surface area contributed by atoms with Gasteiger partial charge in [0.2, 0.25) is 11.8 Å². The van der Waals surface area contributed by atoms with E-state index in [1.807, 2.05) is 18.2 Å². The molecule has 6 heterocycles. The molecule has 11 heteroatoms. The first-order chi connectivity index (χ1) is 28.8. The number of aromatic hydroxyl groups is 1. The van der Waals surface area contributed by atoms with Crippen molar-refractivity contribution in [3.05, 3.63) is 113 Å². The summed E-state index contributed by atoms with van der Waals surface area (Å²) in [6.45, 7) is 7.72. The van der Waals surface area contributed by atoms with Crippen molar-refractivity contribution in [1.82, 2.24) is 15.1 Å². The average molecular weight is 794 g/mol. The second kappa shape index (κ2) is 14.3. The third kappa shape index (κ3) is 6.40. The third-order valence-corrected chi connectivity index (χ3v) is 14.7. The van der Waals surface area contributed by atoms with Gasteiger partial charge in [-0.15, -0.1) is 0 Å². The van der Waals surface area contributed by atoms with Gasteiger partial charge in [0.25, 0.3) is 5.91 Å². The Hall–Kier alpha value is -5.55. The Morgan fingerprint density at radius 2 is 1.63 bits per heavy atom. The summed E-state index contributed by atoms with van der Waals surface area (Å²) in [6.07, 6.45) is 5.71. The number of anilines is 2.